The first-order valence-corrected chi connectivity index (χ1v) is 9.70. The molecule has 2 aromatic carbocycles. The second-order valence-electron chi connectivity index (χ2n) is 6.92. The first-order valence-electron chi connectivity index (χ1n) is 9.70. The van der Waals surface area contributed by atoms with Gasteiger partial charge >= 0.3 is 0 Å². The Labute approximate surface area is 176 Å². The summed E-state index contributed by atoms with van der Waals surface area (Å²) in [6, 6.07) is 10.9. The predicted octanol–water partition coefficient (Wildman–Crippen LogP) is 3.58. The fourth-order valence-electron chi connectivity index (χ4n) is 3.32. The molecule has 158 valence electrons. The van der Waals surface area contributed by atoms with E-state index in [2.05, 4.69) is 11.9 Å². The number of aryl methyl sites for hydroxylation is 1. The molecule has 0 spiro atoms. The van der Waals surface area contributed by atoms with Crippen LogP contribution in [0.25, 0.3) is 0 Å². The van der Waals surface area contributed by atoms with Crippen molar-refractivity contribution in [3.05, 3.63) is 54.6 Å². The van der Waals surface area contributed by atoms with E-state index in [1.54, 1.807) is 50.3 Å². The summed E-state index contributed by atoms with van der Waals surface area (Å²) in [7, 11) is 3.16. The van der Waals surface area contributed by atoms with Crippen molar-refractivity contribution in [3.8, 4) is 17.2 Å². The number of hydrogen-bond donors (Lipinski definition) is 1. The second-order valence-corrected chi connectivity index (χ2v) is 6.92. The Bertz CT molecular complexity index is 957. The Morgan fingerprint density at radius 3 is 2.67 bits per heavy atom. The van der Waals surface area contributed by atoms with Crippen LogP contribution in [0.15, 0.2) is 49.1 Å². The lowest BCUT2D eigenvalue weighted by atomic mass is 10.1. The van der Waals surface area contributed by atoms with Crippen molar-refractivity contribution in [2.45, 2.75) is 25.9 Å². The molecule has 0 fully saturated rings. The summed E-state index contributed by atoms with van der Waals surface area (Å²) in [5.41, 5.74) is 2.26. The van der Waals surface area contributed by atoms with E-state index in [1.807, 2.05) is 18.2 Å². The highest BCUT2D eigenvalue weighted by Gasteiger charge is 2.30. The molecule has 1 N–H and O–H groups in total. The van der Waals surface area contributed by atoms with Gasteiger partial charge in [0.1, 0.15) is 5.75 Å². The molecule has 1 unspecified atom stereocenters. The molecule has 3 rings (SSSR count). The van der Waals surface area contributed by atoms with Gasteiger partial charge in [0.15, 0.2) is 17.6 Å². The number of carbonyl (C=O) groups excluding carboxylic acids is 2. The number of methoxy groups -OCH3 is 2. The van der Waals surface area contributed by atoms with Gasteiger partial charge in [0, 0.05) is 24.7 Å². The van der Waals surface area contributed by atoms with E-state index in [4.69, 9.17) is 14.2 Å². The van der Waals surface area contributed by atoms with Crippen molar-refractivity contribution in [1.29, 1.82) is 0 Å². The molecule has 0 saturated heterocycles. The molecule has 0 aliphatic carbocycles. The van der Waals surface area contributed by atoms with Crippen LogP contribution in [0.4, 0.5) is 11.4 Å². The van der Waals surface area contributed by atoms with Crippen LogP contribution >= 0.6 is 0 Å². The number of benzene rings is 2. The zero-order valence-corrected chi connectivity index (χ0v) is 17.4. The van der Waals surface area contributed by atoms with Crippen LogP contribution in [0.1, 0.15) is 18.9 Å². The Hall–Kier alpha value is -3.48. The minimum absolute atomic E-state index is 0.117. The smallest absolute Gasteiger partial charge is 0.268 e. The van der Waals surface area contributed by atoms with Crippen LogP contribution in [-0.4, -0.2) is 38.7 Å². The standard InChI is InChI=1S/C23H26N2O5/c1-5-12-25-18-9-8-17(14-20(18)30-15(2)23(25)27)24-22(26)11-7-16-6-10-19(28-3)21(13-16)29-4/h5-6,8-10,13-15H,1,7,11-12H2,2-4H3,(H,24,26). The van der Waals surface area contributed by atoms with Gasteiger partial charge in [0.05, 0.1) is 19.9 Å². The maximum atomic E-state index is 12.4. The van der Waals surface area contributed by atoms with Gasteiger partial charge in [-0.05, 0) is 43.2 Å². The van der Waals surface area contributed by atoms with Crippen LogP contribution in [0.3, 0.4) is 0 Å². The first-order chi connectivity index (χ1) is 14.5. The van der Waals surface area contributed by atoms with Crippen LogP contribution in [0.5, 0.6) is 17.2 Å². The first kappa shape index (κ1) is 21.2. The Kier molecular flexibility index (Phi) is 6.61. The number of rotatable bonds is 8. The normalized spacial score (nSPS) is 15.1. The van der Waals surface area contributed by atoms with Crippen LogP contribution in [0.2, 0.25) is 0 Å². The highest BCUT2D eigenvalue weighted by molar-refractivity contribution is 6.01. The van der Waals surface area contributed by atoms with Crippen molar-refractivity contribution in [2.75, 3.05) is 31.0 Å². The van der Waals surface area contributed by atoms with Gasteiger partial charge in [-0.25, -0.2) is 0 Å². The van der Waals surface area contributed by atoms with Crippen LogP contribution in [0, 0.1) is 0 Å². The van der Waals surface area contributed by atoms with Crippen molar-refractivity contribution < 1.29 is 23.8 Å². The van der Waals surface area contributed by atoms with E-state index < -0.39 is 6.10 Å². The van der Waals surface area contributed by atoms with Gasteiger partial charge < -0.3 is 24.4 Å². The molecular formula is C23H26N2O5. The van der Waals surface area contributed by atoms with E-state index >= 15 is 0 Å². The maximum Gasteiger partial charge on any atom is 0.268 e. The quantitative estimate of drug-likeness (QED) is 0.673. The Morgan fingerprint density at radius 1 is 1.20 bits per heavy atom. The summed E-state index contributed by atoms with van der Waals surface area (Å²) in [4.78, 5) is 26.4. The number of hydrogen-bond acceptors (Lipinski definition) is 5. The lowest BCUT2D eigenvalue weighted by molar-refractivity contribution is -0.125. The number of carbonyl (C=O) groups is 2. The zero-order valence-electron chi connectivity index (χ0n) is 17.4. The average Bonchev–Trinajstić information content (AvgIpc) is 2.75. The molecule has 2 amide bonds. The molecule has 0 saturated carbocycles. The summed E-state index contributed by atoms with van der Waals surface area (Å²) in [5.74, 6) is 1.61. The number of ether oxygens (including phenoxy) is 3. The van der Waals surface area contributed by atoms with Crippen LogP contribution < -0.4 is 24.4 Å². The lowest BCUT2D eigenvalue weighted by Crippen LogP contribution is -2.44. The van der Waals surface area contributed by atoms with E-state index in [0.29, 0.717) is 48.0 Å². The van der Waals surface area contributed by atoms with Crippen molar-refractivity contribution >= 4 is 23.2 Å². The van der Waals surface area contributed by atoms with Crippen LogP contribution in [-0.2, 0) is 16.0 Å². The number of fused-ring (bicyclic) bond motifs is 1. The fourth-order valence-corrected chi connectivity index (χ4v) is 3.32. The largest absolute Gasteiger partial charge is 0.493 e. The minimum Gasteiger partial charge on any atom is -0.493 e. The van der Waals surface area contributed by atoms with E-state index in [-0.39, 0.29) is 11.8 Å². The van der Waals surface area contributed by atoms with Crippen molar-refractivity contribution in [1.82, 2.24) is 0 Å². The molecule has 7 nitrogen and oxygen atoms in total. The third kappa shape index (κ3) is 4.56. The monoisotopic (exact) mass is 410 g/mol. The molecule has 1 aliphatic heterocycles. The summed E-state index contributed by atoms with van der Waals surface area (Å²) >= 11 is 0. The number of nitrogens with zero attached hydrogens (tertiary/aromatic N) is 1. The highest BCUT2D eigenvalue weighted by atomic mass is 16.5. The molecule has 2 aromatic rings. The van der Waals surface area contributed by atoms with Gasteiger partial charge in [0.25, 0.3) is 5.91 Å². The molecule has 0 aromatic heterocycles. The van der Waals surface area contributed by atoms with Gasteiger partial charge in [-0.2, -0.15) is 0 Å². The number of anilines is 2. The van der Waals surface area contributed by atoms with Crippen molar-refractivity contribution in [2.24, 2.45) is 0 Å². The second kappa shape index (κ2) is 9.35. The Morgan fingerprint density at radius 2 is 1.97 bits per heavy atom. The number of amides is 2. The van der Waals surface area contributed by atoms with E-state index in [0.717, 1.165) is 5.56 Å². The molecule has 30 heavy (non-hydrogen) atoms. The zero-order chi connectivity index (χ0) is 21.7. The third-order valence-electron chi connectivity index (χ3n) is 4.85. The molecule has 1 atom stereocenters. The topological polar surface area (TPSA) is 77.1 Å². The average molecular weight is 410 g/mol. The summed E-state index contributed by atoms with van der Waals surface area (Å²) < 4.78 is 16.2. The fraction of sp³-hybridized carbons (Fsp3) is 0.304. The molecule has 7 heteroatoms. The molecule has 0 bridgehead atoms. The van der Waals surface area contributed by atoms with E-state index in [9.17, 15) is 9.59 Å². The minimum atomic E-state index is -0.589. The lowest BCUT2D eigenvalue weighted by Gasteiger charge is -2.32. The molecule has 1 heterocycles. The summed E-state index contributed by atoms with van der Waals surface area (Å²) in [6.45, 7) is 5.81. The SMILES string of the molecule is C=CCN1C(=O)C(C)Oc2cc(NC(=O)CCc3ccc(OC)c(OC)c3)ccc21. The van der Waals surface area contributed by atoms with Crippen molar-refractivity contribution in [3.63, 3.8) is 0 Å². The molecule has 0 radical (unpaired) electrons. The number of nitrogens with one attached hydrogen (secondary N) is 1. The van der Waals surface area contributed by atoms with Gasteiger partial charge in [0.2, 0.25) is 5.91 Å². The maximum absolute atomic E-state index is 12.4. The molecule has 1 aliphatic rings. The summed E-state index contributed by atoms with van der Waals surface area (Å²) in [6.07, 6.45) is 1.95. The highest BCUT2D eigenvalue weighted by Crippen LogP contribution is 2.36. The van der Waals surface area contributed by atoms with Gasteiger partial charge in [-0.15, -0.1) is 6.58 Å². The third-order valence-corrected chi connectivity index (χ3v) is 4.85. The van der Waals surface area contributed by atoms with E-state index in [1.165, 1.54) is 0 Å². The summed E-state index contributed by atoms with van der Waals surface area (Å²) in [5, 5.41) is 2.89. The molecular weight excluding hydrogens is 384 g/mol. The Balaban J connectivity index is 1.66. The van der Waals surface area contributed by atoms with Gasteiger partial charge in [-0.1, -0.05) is 12.1 Å². The predicted molar refractivity (Wildman–Crippen MR) is 116 cm³/mol. The van der Waals surface area contributed by atoms with Gasteiger partial charge in [-0.3, -0.25) is 9.59 Å².